The zero-order valence-electron chi connectivity index (χ0n) is 14.2. The summed E-state index contributed by atoms with van der Waals surface area (Å²) in [6, 6.07) is 3.96. The Kier molecular flexibility index (Phi) is 9.44. The van der Waals surface area contributed by atoms with Gasteiger partial charge in [-0.1, -0.05) is 34.1 Å². The van der Waals surface area contributed by atoms with Crippen molar-refractivity contribution < 1.29 is 8.85 Å². The van der Waals surface area contributed by atoms with Gasteiger partial charge in [0.2, 0.25) is 0 Å². The monoisotopic (exact) mass is 305 g/mol. The second-order valence-corrected chi connectivity index (χ2v) is 14.5. The third-order valence-corrected chi connectivity index (χ3v) is 11.9. The molecule has 0 aromatic heterocycles. The highest BCUT2D eigenvalue weighted by Gasteiger charge is 2.35. The van der Waals surface area contributed by atoms with Crippen LogP contribution in [0.5, 0.6) is 0 Å². The number of hydrogen-bond donors (Lipinski definition) is 0. The SMILES string of the molecule is CCCCN(CO[Si](C)(C)OC)[Si](CC)(CC)CC. The highest BCUT2D eigenvalue weighted by molar-refractivity contribution is 6.77. The molecule has 0 fully saturated rings. The molecule has 0 rings (SSSR count). The lowest BCUT2D eigenvalue weighted by Gasteiger charge is -2.42. The van der Waals surface area contributed by atoms with Gasteiger partial charge in [-0.05, 0) is 44.2 Å². The zero-order valence-corrected chi connectivity index (χ0v) is 16.2. The molecule has 0 saturated heterocycles. The maximum atomic E-state index is 6.13. The van der Waals surface area contributed by atoms with E-state index in [0.717, 1.165) is 6.73 Å². The summed E-state index contributed by atoms with van der Waals surface area (Å²) in [5.74, 6) is 0. The Morgan fingerprint density at radius 1 is 0.947 bits per heavy atom. The first-order valence-corrected chi connectivity index (χ1v) is 13.2. The molecular formula is C14H35NO2Si2. The summed E-state index contributed by atoms with van der Waals surface area (Å²) in [7, 11) is -1.47. The molecule has 0 atom stereocenters. The molecule has 0 aromatic carbocycles. The van der Waals surface area contributed by atoms with Crippen molar-refractivity contribution in [2.75, 3.05) is 20.4 Å². The molecule has 0 unspecified atom stereocenters. The molecular weight excluding hydrogens is 270 g/mol. The Hall–Kier alpha value is 0.314. The van der Waals surface area contributed by atoms with E-state index in [1.54, 1.807) is 7.11 Å². The summed E-state index contributed by atoms with van der Waals surface area (Å²) in [6.45, 7) is 15.5. The summed E-state index contributed by atoms with van der Waals surface area (Å²) in [5, 5.41) is 0. The van der Waals surface area contributed by atoms with Crippen LogP contribution in [-0.4, -0.2) is 41.7 Å². The van der Waals surface area contributed by atoms with E-state index in [4.69, 9.17) is 8.85 Å². The zero-order chi connectivity index (χ0) is 14.9. The Morgan fingerprint density at radius 3 is 1.84 bits per heavy atom. The molecule has 116 valence electrons. The van der Waals surface area contributed by atoms with Crippen molar-refractivity contribution in [2.45, 2.75) is 71.8 Å². The fourth-order valence-electron chi connectivity index (χ4n) is 2.50. The van der Waals surface area contributed by atoms with Crippen LogP contribution in [0, 0.1) is 0 Å². The maximum absolute atomic E-state index is 6.13. The predicted octanol–water partition coefficient (Wildman–Crippen LogP) is 4.42. The van der Waals surface area contributed by atoms with E-state index in [9.17, 15) is 0 Å². The molecule has 0 amide bonds. The quantitative estimate of drug-likeness (QED) is 0.417. The van der Waals surface area contributed by atoms with Crippen LogP contribution in [0.2, 0.25) is 31.2 Å². The summed E-state index contributed by atoms with van der Waals surface area (Å²) < 4.78 is 14.3. The average molecular weight is 306 g/mol. The summed E-state index contributed by atoms with van der Waals surface area (Å²) in [5.41, 5.74) is 0. The van der Waals surface area contributed by atoms with Crippen molar-refractivity contribution in [2.24, 2.45) is 0 Å². The van der Waals surface area contributed by atoms with Gasteiger partial charge in [0.25, 0.3) is 0 Å². The Bertz CT molecular complexity index is 225. The minimum Gasteiger partial charge on any atom is -0.398 e. The first kappa shape index (κ1) is 19.3. The fourth-order valence-corrected chi connectivity index (χ4v) is 7.03. The van der Waals surface area contributed by atoms with Gasteiger partial charge in [0.1, 0.15) is 8.24 Å². The number of hydrogen-bond acceptors (Lipinski definition) is 3. The molecule has 0 bridgehead atoms. The van der Waals surface area contributed by atoms with Crippen molar-refractivity contribution in [3.05, 3.63) is 0 Å². The van der Waals surface area contributed by atoms with Crippen LogP contribution < -0.4 is 0 Å². The molecule has 0 aliphatic rings. The highest BCUT2D eigenvalue weighted by Crippen LogP contribution is 2.26. The molecule has 0 aliphatic carbocycles. The number of unbranched alkanes of at least 4 members (excludes halogenated alkanes) is 1. The molecule has 0 radical (unpaired) electrons. The van der Waals surface area contributed by atoms with Gasteiger partial charge in [0, 0.05) is 7.11 Å². The van der Waals surface area contributed by atoms with Gasteiger partial charge < -0.3 is 13.4 Å². The first-order valence-electron chi connectivity index (χ1n) is 7.85. The second kappa shape index (κ2) is 9.29. The largest absolute Gasteiger partial charge is 0.398 e. The highest BCUT2D eigenvalue weighted by atomic mass is 28.4. The summed E-state index contributed by atoms with van der Waals surface area (Å²) in [6.07, 6.45) is 2.52. The van der Waals surface area contributed by atoms with Crippen LogP contribution in [0.25, 0.3) is 0 Å². The summed E-state index contributed by atoms with van der Waals surface area (Å²) in [4.78, 5) is 0. The minimum absolute atomic E-state index is 0.773. The number of nitrogens with zero attached hydrogens (tertiary/aromatic N) is 1. The van der Waals surface area contributed by atoms with Gasteiger partial charge in [-0.25, -0.2) is 0 Å². The van der Waals surface area contributed by atoms with Gasteiger partial charge in [0.05, 0.1) is 6.73 Å². The lowest BCUT2D eigenvalue weighted by Crippen LogP contribution is -2.55. The third kappa shape index (κ3) is 6.08. The average Bonchev–Trinajstić information content (AvgIpc) is 2.43. The molecule has 0 N–H and O–H groups in total. The predicted molar refractivity (Wildman–Crippen MR) is 89.3 cm³/mol. The van der Waals surface area contributed by atoms with E-state index in [1.165, 1.54) is 37.5 Å². The van der Waals surface area contributed by atoms with Gasteiger partial charge in [0.15, 0.2) is 0 Å². The van der Waals surface area contributed by atoms with E-state index >= 15 is 0 Å². The first-order chi connectivity index (χ1) is 8.91. The van der Waals surface area contributed by atoms with Gasteiger partial charge in [-0.15, -0.1) is 0 Å². The molecule has 0 saturated carbocycles. The fraction of sp³-hybridized carbons (Fsp3) is 1.00. The van der Waals surface area contributed by atoms with Crippen molar-refractivity contribution in [1.29, 1.82) is 0 Å². The van der Waals surface area contributed by atoms with Crippen LogP contribution in [0.3, 0.4) is 0 Å². The van der Waals surface area contributed by atoms with E-state index in [-0.39, 0.29) is 0 Å². The van der Waals surface area contributed by atoms with E-state index < -0.39 is 16.8 Å². The second-order valence-electron chi connectivity index (χ2n) is 5.78. The van der Waals surface area contributed by atoms with Gasteiger partial charge in [-0.2, -0.15) is 0 Å². The van der Waals surface area contributed by atoms with Crippen LogP contribution in [0.4, 0.5) is 0 Å². The Balaban J connectivity index is 4.78. The molecule has 0 spiro atoms. The van der Waals surface area contributed by atoms with Crippen LogP contribution in [-0.2, 0) is 8.85 Å². The topological polar surface area (TPSA) is 21.7 Å². The minimum atomic E-state index is -1.92. The lowest BCUT2D eigenvalue weighted by atomic mass is 10.3. The van der Waals surface area contributed by atoms with Crippen molar-refractivity contribution >= 4 is 16.8 Å². The number of rotatable bonds is 11. The molecule has 0 aromatic rings. The van der Waals surface area contributed by atoms with Crippen LogP contribution in [0.15, 0.2) is 0 Å². The van der Waals surface area contributed by atoms with Gasteiger partial charge in [-0.3, -0.25) is 0 Å². The molecule has 19 heavy (non-hydrogen) atoms. The van der Waals surface area contributed by atoms with Gasteiger partial charge >= 0.3 is 8.56 Å². The Labute approximate surface area is 123 Å². The molecule has 0 aliphatic heterocycles. The lowest BCUT2D eigenvalue weighted by molar-refractivity contribution is 0.137. The maximum Gasteiger partial charge on any atom is 0.332 e. The molecule has 3 nitrogen and oxygen atoms in total. The normalized spacial score (nSPS) is 13.3. The molecule has 0 heterocycles. The molecule has 5 heteroatoms. The third-order valence-electron chi connectivity index (χ3n) is 4.49. The standard InChI is InChI=1S/C14H35NO2Si2/c1-8-12-13-15(14-17-18(6,7)16-5)19(9-2,10-3)11-4/h8-14H2,1-7H3. The Morgan fingerprint density at radius 2 is 1.47 bits per heavy atom. The van der Waals surface area contributed by atoms with E-state index in [1.807, 2.05) is 0 Å². The summed E-state index contributed by atoms with van der Waals surface area (Å²) >= 11 is 0. The smallest absolute Gasteiger partial charge is 0.332 e. The van der Waals surface area contributed by atoms with Crippen LogP contribution >= 0.6 is 0 Å². The van der Waals surface area contributed by atoms with Crippen molar-refractivity contribution in [3.63, 3.8) is 0 Å². The van der Waals surface area contributed by atoms with E-state index in [0.29, 0.717) is 0 Å². The van der Waals surface area contributed by atoms with Crippen molar-refractivity contribution in [3.8, 4) is 0 Å². The van der Waals surface area contributed by atoms with E-state index in [2.05, 4.69) is 45.4 Å². The van der Waals surface area contributed by atoms with Crippen LogP contribution in [0.1, 0.15) is 40.5 Å². The van der Waals surface area contributed by atoms with Crippen molar-refractivity contribution in [1.82, 2.24) is 4.57 Å².